The lowest BCUT2D eigenvalue weighted by atomic mass is 9.93. The van der Waals surface area contributed by atoms with Gasteiger partial charge in [-0.25, -0.2) is 13.1 Å². The maximum atomic E-state index is 12.2. The molecule has 1 fully saturated rings. The van der Waals surface area contributed by atoms with Crippen LogP contribution < -0.4 is 9.46 Å². The molecule has 0 heterocycles. The van der Waals surface area contributed by atoms with E-state index in [9.17, 15) is 13.5 Å². The van der Waals surface area contributed by atoms with E-state index in [-0.39, 0.29) is 4.90 Å². The summed E-state index contributed by atoms with van der Waals surface area (Å²) in [6.45, 7) is 0. The first-order chi connectivity index (χ1) is 9.03. The topological polar surface area (TPSA) is 75.6 Å². The number of aliphatic hydroxyl groups is 1. The zero-order valence-electron chi connectivity index (χ0n) is 10.9. The van der Waals surface area contributed by atoms with E-state index in [4.69, 9.17) is 4.74 Å². The van der Waals surface area contributed by atoms with Crippen molar-refractivity contribution < 1.29 is 18.3 Å². The molecule has 0 saturated heterocycles. The van der Waals surface area contributed by atoms with E-state index in [1.807, 2.05) is 0 Å². The molecule has 0 amide bonds. The number of aliphatic hydroxyl groups excluding tert-OH is 1. The molecule has 0 aliphatic heterocycles. The van der Waals surface area contributed by atoms with Gasteiger partial charge in [-0.1, -0.05) is 18.9 Å². The summed E-state index contributed by atoms with van der Waals surface area (Å²) < 4.78 is 32.1. The van der Waals surface area contributed by atoms with Gasteiger partial charge in [-0.05, 0) is 25.0 Å². The maximum Gasteiger partial charge on any atom is 0.241 e. The molecule has 19 heavy (non-hydrogen) atoms. The molecule has 1 aliphatic carbocycles. The van der Waals surface area contributed by atoms with Gasteiger partial charge in [0.25, 0.3) is 0 Å². The second-order valence-corrected chi connectivity index (χ2v) is 6.47. The number of methoxy groups -OCH3 is 1. The second-order valence-electron chi connectivity index (χ2n) is 4.76. The van der Waals surface area contributed by atoms with Crippen molar-refractivity contribution >= 4 is 10.0 Å². The Balaban J connectivity index is 2.17. The molecule has 2 atom stereocenters. The minimum atomic E-state index is -3.62. The number of rotatable bonds is 4. The third kappa shape index (κ3) is 3.46. The van der Waals surface area contributed by atoms with E-state index in [1.54, 1.807) is 12.1 Å². The van der Waals surface area contributed by atoms with E-state index in [0.29, 0.717) is 18.6 Å². The average Bonchev–Trinajstić information content (AvgIpc) is 2.41. The van der Waals surface area contributed by atoms with Gasteiger partial charge in [0, 0.05) is 12.1 Å². The summed E-state index contributed by atoms with van der Waals surface area (Å²) in [5.74, 6) is 0.493. The minimum absolute atomic E-state index is 0.157. The van der Waals surface area contributed by atoms with Crippen LogP contribution in [0.1, 0.15) is 25.7 Å². The highest BCUT2D eigenvalue weighted by atomic mass is 32.2. The van der Waals surface area contributed by atoms with Crippen molar-refractivity contribution in [2.24, 2.45) is 0 Å². The van der Waals surface area contributed by atoms with E-state index in [1.165, 1.54) is 19.2 Å². The summed E-state index contributed by atoms with van der Waals surface area (Å²) in [5, 5.41) is 9.83. The third-order valence-electron chi connectivity index (χ3n) is 3.39. The van der Waals surface area contributed by atoms with Gasteiger partial charge in [0.2, 0.25) is 10.0 Å². The summed E-state index contributed by atoms with van der Waals surface area (Å²) >= 11 is 0. The van der Waals surface area contributed by atoms with Crippen LogP contribution in [0.25, 0.3) is 0 Å². The SMILES string of the molecule is COc1cccc(S(=O)(=O)N[C@H]2CCCC[C@@H]2O)c1. The highest BCUT2D eigenvalue weighted by Gasteiger charge is 2.28. The Morgan fingerprint density at radius 3 is 2.74 bits per heavy atom. The van der Waals surface area contributed by atoms with Crippen LogP contribution in [0, 0.1) is 0 Å². The summed E-state index contributed by atoms with van der Waals surface area (Å²) in [7, 11) is -2.13. The van der Waals surface area contributed by atoms with Gasteiger partial charge in [0.1, 0.15) is 5.75 Å². The third-order valence-corrected chi connectivity index (χ3v) is 4.88. The normalized spacial score (nSPS) is 24.1. The highest BCUT2D eigenvalue weighted by Crippen LogP contribution is 2.22. The van der Waals surface area contributed by atoms with E-state index < -0.39 is 22.2 Å². The lowest BCUT2D eigenvalue weighted by Crippen LogP contribution is -2.44. The van der Waals surface area contributed by atoms with Crippen molar-refractivity contribution in [2.45, 2.75) is 42.7 Å². The summed E-state index contributed by atoms with van der Waals surface area (Å²) in [6.07, 6.45) is 2.59. The number of benzene rings is 1. The predicted octanol–water partition coefficient (Wildman–Crippen LogP) is 1.28. The molecule has 0 aromatic heterocycles. The van der Waals surface area contributed by atoms with Gasteiger partial charge in [0.15, 0.2) is 0 Å². The lowest BCUT2D eigenvalue weighted by Gasteiger charge is -2.28. The number of hydrogen-bond acceptors (Lipinski definition) is 4. The highest BCUT2D eigenvalue weighted by molar-refractivity contribution is 7.89. The molecule has 0 spiro atoms. The van der Waals surface area contributed by atoms with Crippen LogP contribution in [0.5, 0.6) is 5.75 Å². The van der Waals surface area contributed by atoms with Gasteiger partial charge >= 0.3 is 0 Å². The number of nitrogens with one attached hydrogen (secondary N) is 1. The number of hydrogen-bond donors (Lipinski definition) is 2. The molecule has 2 rings (SSSR count). The standard InChI is InChI=1S/C13H19NO4S/c1-18-10-5-4-6-11(9-10)19(16,17)14-12-7-2-3-8-13(12)15/h4-6,9,12-15H,2-3,7-8H2,1H3/t12-,13-/m0/s1. The molecule has 0 radical (unpaired) electrons. The Morgan fingerprint density at radius 2 is 2.05 bits per heavy atom. The van der Waals surface area contributed by atoms with Gasteiger partial charge in [0.05, 0.1) is 18.1 Å². The molecule has 1 saturated carbocycles. The Labute approximate surface area is 113 Å². The van der Waals surface area contributed by atoms with Crippen LogP contribution >= 0.6 is 0 Å². The van der Waals surface area contributed by atoms with Crippen molar-refractivity contribution in [3.63, 3.8) is 0 Å². The Bertz CT molecular complexity index is 529. The van der Waals surface area contributed by atoms with Crippen LogP contribution in [-0.2, 0) is 10.0 Å². The summed E-state index contributed by atoms with van der Waals surface area (Å²) in [5.41, 5.74) is 0. The molecule has 1 aliphatic rings. The first kappa shape index (κ1) is 14.3. The molecule has 2 N–H and O–H groups in total. The molecule has 0 bridgehead atoms. The largest absolute Gasteiger partial charge is 0.497 e. The quantitative estimate of drug-likeness (QED) is 0.873. The van der Waals surface area contributed by atoms with E-state index >= 15 is 0 Å². The average molecular weight is 285 g/mol. The molecular weight excluding hydrogens is 266 g/mol. The Hall–Kier alpha value is -1.11. The Kier molecular flexibility index (Phi) is 4.44. The summed E-state index contributed by atoms with van der Waals surface area (Å²) in [4.78, 5) is 0.157. The first-order valence-corrected chi connectivity index (χ1v) is 7.86. The molecule has 106 valence electrons. The van der Waals surface area contributed by atoms with Gasteiger partial charge < -0.3 is 9.84 Å². The number of sulfonamides is 1. The first-order valence-electron chi connectivity index (χ1n) is 6.37. The van der Waals surface area contributed by atoms with Crippen LogP contribution in [0.15, 0.2) is 29.2 Å². The molecule has 1 aromatic rings. The number of ether oxygens (including phenoxy) is 1. The zero-order chi connectivity index (χ0) is 13.9. The van der Waals surface area contributed by atoms with Crippen molar-refractivity contribution in [3.8, 4) is 5.75 Å². The fraction of sp³-hybridized carbons (Fsp3) is 0.538. The zero-order valence-corrected chi connectivity index (χ0v) is 11.7. The molecule has 6 heteroatoms. The predicted molar refractivity (Wildman–Crippen MR) is 71.6 cm³/mol. The lowest BCUT2D eigenvalue weighted by molar-refractivity contribution is 0.101. The van der Waals surface area contributed by atoms with Crippen molar-refractivity contribution in [1.82, 2.24) is 4.72 Å². The van der Waals surface area contributed by atoms with Crippen LogP contribution in [0.2, 0.25) is 0 Å². The van der Waals surface area contributed by atoms with Crippen LogP contribution in [0.3, 0.4) is 0 Å². The van der Waals surface area contributed by atoms with Crippen molar-refractivity contribution in [3.05, 3.63) is 24.3 Å². The molecular formula is C13H19NO4S. The second kappa shape index (κ2) is 5.90. The van der Waals surface area contributed by atoms with Gasteiger partial charge in [-0.15, -0.1) is 0 Å². The van der Waals surface area contributed by atoms with Crippen LogP contribution in [0.4, 0.5) is 0 Å². The summed E-state index contributed by atoms with van der Waals surface area (Å²) in [6, 6.07) is 5.90. The van der Waals surface area contributed by atoms with Gasteiger partial charge in [-0.3, -0.25) is 0 Å². The molecule has 0 unspecified atom stereocenters. The minimum Gasteiger partial charge on any atom is -0.497 e. The van der Waals surface area contributed by atoms with Crippen LogP contribution in [-0.4, -0.2) is 32.8 Å². The molecule has 1 aromatic carbocycles. The fourth-order valence-corrected chi connectivity index (χ4v) is 3.62. The Morgan fingerprint density at radius 1 is 1.32 bits per heavy atom. The van der Waals surface area contributed by atoms with E-state index in [2.05, 4.69) is 4.72 Å². The smallest absolute Gasteiger partial charge is 0.241 e. The molecule has 5 nitrogen and oxygen atoms in total. The maximum absolute atomic E-state index is 12.2. The van der Waals surface area contributed by atoms with Gasteiger partial charge in [-0.2, -0.15) is 0 Å². The fourth-order valence-electron chi connectivity index (χ4n) is 2.28. The van der Waals surface area contributed by atoms with Crippen molar-refractivity contribution in [1.29, 1.82) is 0 Å². The van der Waals surface area contributed by atoms with E-state index in [0.717, 1.165) is 12.8 Å². The van der Waals surface area contributed by atoms with Crippen molar-refractivity contribution in [2.75, 3.05) is 7.11 Å². The monoisotopic (exact) mass is 285 g/mol.